The molecule has 3 aromatic carbocycles. The van der Waals surface area contributed by atoms with Crippen LogP contribution < -0.4 is 25.5 Å². The average molecular weight is 501 g/mol. The second-order valence-corrected chi connectivity index (χ2v) is 8.93. The number of benzene rings is 3. The van der Waals surface area contributed by atoms with Crippen LogP contribution in [-0.4, -0.2) is 38.6 Å². The molecule has 0 saturated heterocycles. The zero-order valence-corrected chi connectivity index (χ0v) is 21.9. The number of carbonyl (C=O) groups excluding carboxylic acids is 1. The number of rotatable bonds is 9. The Balaban J connectivity index is 1.61. The van der Waals surface area contributed by atoms with Crippen molar-refractivity contribution in [2.45, 2.75) is 26.7 Å². The maximum atomic E-state index is 13.0. The lowest BCUT2D eigenvalue weighted by Crippen LogP contribution is -2.30. The largest absolute Gasteiger partial charge is 0.497 e. The molecule has 0 spiro atoms. The van der Waals surface area contributed by atoms with E-state index in [2.05, 4.69) is 10.3 Å². The van der Waals surface area contributed by atoms with E-state index in [1.54, 1.807) is 18.1 Å². The number of anilines is 4. The number of para-hydroxylation sites is 1. The molecule has 8 nitrogen and oxygen atoms in total. The van der Waals surface area contributed by atoms with Crippen LogP contribution in [0.4, 0.5) is 23.1 Å². The summed E-state index contributed by atoms with van der Waals surface area (Å²) in [5, 5.41) is 3.60. The molecule has 0 aliphatic carbocycles. The first kappa shape index (κ1) is 25.8. The van der Waals surface area contributed by atoms with Crippen molar-refractivity contribution in [1.82, 2.24) is 4.98 Å². The molecule has 0 radical (unpaired) electrons. The summed E-state index contributed by atoms with van der Waals surface area (Å²) in [6.07, 6.45) is 0.795. The van der Waals surface area contributed by atoms with Crippen molar-refractivity contribution < 1.29 is 13.9 Å². The third-order valence-corrected chi connectivity index (χ3v) is 6.36. The lowest BCUT2D eigenvalue weighted by molar-refractivity contribution is -0.118. The number of nitrogens with one attached hydrogen (secondary N) is 1. The van der Waals surface area contributed by atoms with Crippen molar-refractivity contribution in [1.29, 1.82) is 0 Å². The van der Waals surface area contributed by atoms with E-state index in [0.29, 0.717) is 41.7 Å². The highest BCUT2D eigenvalue weighted by molar-refractivity contribution is 5.93. The van der Waals surface area contributed by atoms with E-state index in [1.807, 2.05) is 87.4 Å². The third kappa shape index (κ3) is 5.58. The van der Waals surface area contributed by atoms with Crippen LogP contribution in [0.15, 0.2) is 69.9 Å². The Labute approximate surface area is 216 Å². The van der Waals surface area contributed by atoms with E-state index in [9.17, 15) is 9.59 Å². The Morgan fingerprint density at radius 3 is 2.51 bits per heavy atom. The molecule has 4 aromatic rings. The van der Waals surface area contributed by atoms with Crippen LogP contribution in [0, 0.1) is 6.92 Å². The zero-order chi connectivity index (χ0) is 26.5. The summed E-state index contributed by atoms with van der Waals surface area (Å²) in [5.74, 6) is 0.657. The first-order chi connectivity index (χ1) is 17.8. The summed E-state index contributed by atoms with van der Waals surface area (Å²) in [6, 6.07) is 19.0. The Morgan fingerprint density at radius 1 is 1.08 bits per heavy atom. The molecule has 0 saturated carbocycles. The highest BCUT2D eigenvalue weighted by atomic mass is 16.5. The molecule has 0 aliphatic rings. The van der Waals surface area contributed by atoms with E-state index in [0.717, 1.165) is 22.5 Å². The fraction of sp³-hybridized carbons (Fsp3) is 0.276. The molecule has 192 valence electrons. The molecule has 1 aromatic heterocycles. The topological polar surface area (TPSA) is 87.9 Å². The van der Waals surface area contributed by atoms with Crippen molar-refractivity contribution in [3.63, 3.8) is 0 Å². The van der Waals surface area contributed by atoms with Crippen molar-refractivity contribution >= 4 is 39.9 Å². The second kappa shape index (κ2) is 11.2. The van der Waals surface area contributed by atoms with E-state index >= 15 is 0 Å². The number of hydrogen-bond donors (Lipinski definition) is 1. The first-order valence-electron chi connectivity index (χ1n) is 12.2. The van der Waals surface area contributed by atoms with Gasteiger partial charge < -0.3 is 24.3 Å². The van der Waals surface area contributed by atoms with Gasteiger partial charge in [0.1, 0.15) is 5.75 Å². The average Bonchev–Trinajstić information content (AvgIpc) is 2.88. The summed E-state index contributed by atoms with van der Waals surface area (Å²) in [6.45, 7) is 4.43. The molecule has 4 rings (SSSR count). The molecule has 0 atom stereocenters. The van der Waals surface area contributed by atoms with Gasteiger partial charge in [0.25, 0.3) is 0 Å². The van der Waals surface area contributed by atoms with Crippen LogP contribution in [0.3, 0.4) is 0 Å². The standard InChI is InChI=1S/C29H32N4O4/c1-6-33(21-10-8-7-9-11-21)26(34)17-13-20-12-14-22(36-5)18-24(20)31-29-30-23-15-16-25(32(3)4)19(2)27(23)28(35)37-29/h7-12,14-16,18H,6,13,17H2,1-5H3,(H,30,31). The highest BCUT2D eigenvalue weighted by Gasteiger charge is 2.17. The summed E-state index contributed by atoms with van der Waals surface area (Å²) >= 11 is 0. The minimum atomic E-state index is -0.463. The van der Waals surface area contributed by atoms with Crippen molar-refractivity contribution in [3.05, 3.63) is 82.2 Å². The summed E-state index contributed by atoms with van der Waals surface area (Å²) < 4.78 is 11.0. The molecule has 0 fully saturated rings. The number of carbonyl (C=O) groups is 1. The van der Waals surface area contributed by atoms with Gasteiger partial charge >= 0.3 is 11.6 Å². The number of fused-ring (bicyclic) bond motifs is 1. The van der Waals surface area contributed by atoms with E-state index in [-0.39, 0.29) is 11.9 Å². The lowest BCUT2D eigenvalue weighted by atomic mass is 10.1. The molecule has 1 amide bonds. The summed E-state index contributed by atoms with van der Waals surface area (Å²) in [5.41, 5.74) is 4.23. The number of aryl methyl sites for hydroxylation is 2. The summed E-state index contributed by atoms with van der Waals surface area (Å²) in [4.78, 5) is 34.2. The van der Waals surface area contributed by atoms with Crippen molar-refractivity contribution in [3.8, 4) is 5.75 Å². The van der Waals surface area contributed by atoms with Crippen LogP contribution in [-0.2, 0) is 11.2 Å². The number of amides is 1. The molecule has 37 heavy (non-hydrogen) atoms. The Bertz CT molecular complexity index is 1460. The van der Waals surface area contributed by atoms with Crippen molar-refractivity contribution in [2.75, 3.05) is 42.9 Å². The van der Waals surface area contributed by atoms with Gasteiger partial charge in [0.2, 0.25) is 5.91 Å². The van der Waals surface area contributed by atoms with E-state index < -0.39 is 5.63 Å². The monoisotopic (exact) mass is 500 g/mol. The van der Waals surface area contributed by atoms with Gasteiger partial charge in [0, 0.05) is 50.2 Å². The van der Waals surface area contributed by atoms with Crippen LogP contribution in [0.2, 0.25) is 0 Å². The normalized spacial score (nSPS) is 10.8. The van der Waals surface area contributed by atoms with Gasteiger partial charge in [-0.25, -0.2) is 4.79 Å². The van der Waals surface area contributed by atoms with E-state index in [4.69, 9.17) is 9.15 Å². The van der Waals surface area contributed by atoms with Gasteiger partial charge in [-0.05, 0) is 61.7 Å². The van der Waals surface area contributed by atoms with Crippen LogP contribution in [0.1, 0.15) is 24.5 Å². The predicted octanol–water partition coefficient (Wildman–Crippen LogP) is 5.30. The molecule has 1 N–H and O–H groups in total. The smallest absolute Gasteiger partial charge is 0.348 e. The zero-order valence-electron chi connectivity index (χ0n) is 21.9. The molecule has 8 heteroatoms. The first-order valence-corrected chi connectivity index (χ1v) is 12.2. The summed E-state index contributed by atoms with van der Waals surface area (Å²) in [7, 11) is 5.43. The fourth-order valence-electron chi connectivity index (χ4n) is 4.47. The van der Waals surface area contributed by atoms with E-state index in [1.165, 1.54) is 0 Å². The number of hydrogen-bond acceptors (Lipinski definition) is 7. The molecular weight excluding hydrogens is 468 g/mol. The van der Waals surface area contributed by atoms with Crippen LogP contribution in [0.25, 0.3) is 10.9 Å². The lowest BCUT2D eigenvalue weighted by Gasteiger charge is -2.21. The molecule has 0 unspecified atom stereocenters. The predicted molar refractivity (Wildman–Crippen MR) is 148 cm³/mol. The quantitative estimate of drug-likeness (QED) is 0.334. The second-order valence-electron chi connectivity index (χ2n) is 8.93. The van der Waals surface area contributed by atoms with Gasteiger partial charge in [-0.1, -0.05) is 24.3 Å². The van der Waals surface area contributed by atoms with Crippen LogP contribution >= 0.6 is 0 Å². The van der Waals surface area contributed by atoms with Crippen molar-refractivity contribution in [2.24, 2.45) is 0 Å². The number of nitrogens with zero attached hydrogens (tertiary/aromatic N) is 3. The minimum Gasteiger partial charge on any atom is -0.497 e. The van der Waals surface area contributed by atoms with Gasteiger partial charge in [-0.3, -0.25) is 4.79 Å². The molecule has 0 aliphatic heterocycles. The molecule has 0 bridgehead atoms. The van der Waals surface area contributed by atoms with Crippen LogP contribution in [0.5, 0.6) is 5.75 Å². The van der Waals surface area contributed by atoms with Gasteiger partial charge in [-0.2, -0.15) is 4.98 Å². The minimum absolute atomic E-state index is 0.0259. The van der Waals surface area contributed by atoms with Gasteiger partial charge in [0.15, 0.2) is 0 Å². The van der Waals surface area contributed by atoms with Gasteiger partial charge in [0.05, 0.1) is 18.0 Å². The number of ether oxygens (including phenoxy) is 1. The maximum Gasteiger partial charge on any atom is 0.348 e. The maximum absolute atomic E-state index is 13.0. The number of aromatic nitrogens is 1. The highest BCUT2D eigenvalue weighted by Crippen LogP contribution is 2.29. The Hall–Kier alpha value is -4.33. The molecular formula is C29H32N4O4. The molecule has 1 heterocycles. The Morgan fingerprint density at radius 2 is 1.84 bits per heavy atom. The fourth-order valence-corrected chi connectivity index (χ4v) is 4.47. The Kier molecular flexibility index (Phi) is 7.77. The SMILES string of the molecule is CCN(C(=O)CCc1ccc(OC)cc1Nc1nc2ccc(N(C)C)c(C)c2c(=O)o1)c1ccccc1. The van der Waals surface area contributed by atoms with Gasteiger partial charge in [-0.15, -0.1) is 0 Å². The third-order valence-electron chi connectivity index (χ3n) is 6.36. The number of methoxy groups -OCH3 is 1.